The topological polar surface area (TPSA) is 67.8 Å². The summed E-state index contributed by atoms with van der Waals surface area (Å²) < 4.78 is 10.6. The Morgan fingerprint density at radius 1 is 1.08 bits per heavy atom. The van der Waals surface area contributed by atoms with E-state index < -0.39 is 12.2 Å². The Balaban J connectivity index is 1.40. The molecule has 2 aromatic carbocycles. The summed E-state index contributed by atoms with van der Waals surface area (Å²) in [6.07, 6.45) is -0.977. The minimum absolute atomic E-state index is 0.0542. The summed E-state index contributed by atoms with van der Waals surface area (Å²) in [5.41, 5.74) is 4.80. The summed E-state index contributed by atoms with van der Waals surface area (Å²) >= 11 is 0. The molecule has 2 aromatic rings. The van der Waals surface area contributed by atoms with E-state index in [1.807, 2.05) is 24.3 Å². The molecule has 5 nitrogen and oxygen atoms in total. The van der Waals surface area contributed by atoms with E-state index in [1.54, 1.807) is 0 Å². The molecule has 1 aliphatic heterocycles. The number of benzene rings is 2. The van der Waals surface area contributed by atoms with E-state index in [9.17, 15) is 9.90 Å². The second kappa shape index (κ2) is 6.86. The Hall–Kier alpha value is -2.37. The van der Waals surface area contributed by atoms with Gasteiger partial charge in [-0.15, -0.1) is 0 Å². The smallest absolute Gasteiger partial charge is 0.407 e. The van der Waals surface area contributed by atoms with E-state index in [0.717, 1.165) is 0 Å². The number of carbonyl (C=O) groups is 1. The minimum atomic E-state index is -0.520. The molecule has 0 spiro atoms. The quantitative estimate of drug-likeness (QED) is 0.898. The van der Waals surface area contributed by atoms with Crippen LogP contribution in [0.4, 0.5) is 4.79 Å². The summed E-state index contributed by atoms with van der Waals surface area (Å²) in [4.78, 5) is 12.0. The zero-order chi connectivity index (χ0) is 17.2. The van der Waals surface area contributed by atoms with Crippen LogP contribution in [-0.2, 0) is 9.47 Å². The third kappa shape index (κ3) is 3.13. The number of rotatable bonds is 4. The number of aliphatic hydroxyl groups excluding tert-OH is 1. The van der Waals surface area contributed by atoms with Gasteiger partial charge in [-0.2, -0.15) is 0 Å². The van der Waals surface area contributed by atoms with E-state index in [-0.39, 0.29) is 11.8 Å². The highest BCUT2D eigenvalue weighted by Gasteiger charge is 2.30. The van der Waals surface area contributed by atoms with Gasteiger partial charge in [0.25, 0.3) is 0 Å². The molecule has 130 valence electrons. The maximum absolute atomic E-state index is 12.0. The van der Waals surface area contributed by atoms with Crippen LogP contribution in [0.1, 0.15) is 17.0 Å². The van der Waals surface area contributed by atoms with Crippen LogP contribution in [-0.4, -0.2) is 43.7 Å². The van der Waals surface area contributed by atoms with Crippen LogP contribution in [0.2, 0.25) is 0 Å². The molecule has 1 aliphatic carbocycles. The lowest BCUT2D eigenvalue weighted by atomic mass is 9.98. The zero-order valence-corrected chi connectivity index (χ0v) is 13.9. The van der Waals surface area contributed by atoms with Gasteiger partial charge in [-0.05, 0) is 22.3 Å². The molecule has 1 saturated heterocycles. The van der Waals surface area contributed by atoms with E-state index >= 15 is 0 Å². The number of amides is 1. The molecule has 1 fully saturated rings. The number of ether oxygens (including phenoxy) is 2. The number of nitrogens with one attached hydrogen (secondary N) is 1. The van der Waals surface area contributed by atoms with E-state index in [1.165, 1.54) is 22.3 Å². The summed E-state index contributed by atoms with van der Waals surface area (Å²) in [5, 5.41) is 12.4. The van der Waals surface area contributed by atoms with Crippen molar-refractivity contribution >= 4 is 6.09 Å². The molecule has 2 atom stereocenters. The molecule has 2 N–H and O–H groups in total. The molecular formula is C20H21NO4. The standard InChI is InChI=1S/C20H21NO4/c22-19-12-24-10-13(19)9-21-20(23)25-11-18-16-7-3-1-5-14(16)15-6-2-4-8-17(15)18/h1-8,13,18-19,22H,9-12H2,(H,21,23)/t13-,19+/m0/s1. The summed E-state index contributed by atoms with van der Waals surface area (Å²) in [5.74, 6) is -0.0148. The average molecular weight is 339 g/mol. The van der Waals surface area contributed by atoms with Gasteiger partial charge < -0.3 is 19.9 Å². The highest BCUT2D eigenvalue weighted by molar-refractivity contribution is 5.79. The molecule has 2 aliphatic rings. The summed E-state index contributed by atoms with van der Waals surface area (Å²) in [7, 11) is 0. The summed E-state index contributed by atoms with van der Waals surface area (Å²) in [6, 6.07) is 16.5. The number of hydrogen-bond acceptors (Lipinski definition) is 4. The van der Waals surface area contributed by atoms with Gasteiger partial charge in [0.05, 0.1) is 19.3 Å². The Bertz CT molecular complexity index is 730. The first-order chi connectivity index (χ1) is 12.2. The van der Waals surface area contributed by atoms with Crippen LogP contribution in [0.25, 0.3) is 11.1 Å². The Kier molecular flexibility index (Phi) is 4.42. The first kappa shape index (κ1) is 16.1. The van der Waals surface area contributed by atoms with Crippen molar-refractivity contribution < 1.29 is 19.4 Å². The molecule has 0 aromatic heterocycles. The molecule has 5 heteroatoms. The van der Waals surface area contributed by atoms with Gasteiger partial charge in [-0.1, -0.05) is 48.5 Å². The van der Waals surface area contributed by atoms with Crippen molar-refractivity contribution in [3.05, 3.63) is 59.7 Å². The summed E-state index contributed by atoms with van der Waals surface area (Å²) in [6.45, 7) is 1.45. The van der Waals surface area contributed by atoms with Crippen LogP contribution in [0.15, 0.2) is 48.5 Å². The first-order valence-electron chi connectivity index (χ1n) is 8.58. The normalized spacial score (nSPS) is 21.6. The molecule has 0 unspecified atom stereocenters. The minimum Gasteiger partial charge on any atom is -0.449 e. The number of fused-ring (bicyclic) bond motifs is 3. The van der Waals surface area contributed by atoms with Crippen LogP contribution >= 0.6 is 0 Å². The van der Waals surface area contributed by atoms with Gasteiger partial charge in [0.15, 0.2) is 0 Å². The third-order valence-electron chi connectivity index (χ3n) is 5.02. The Morgan fingerprint density at radius 2 is 1.72 bits per heavy atom. The van der Waals surface area contributed by atoms with Crippen molar-refractivity contribution in [2.24, 2.45) is 5.92 Å². The number of aliphatic hydroxyl groups is 1. The third-order valence-corrected chi connectivity index (χ3v) is 5.02. The van der Waals surface area contributed by atoms with Crippen molar-refractivity contribution in [2.45, 2.75) is 12.0 Å². The monoisotopic (exact) mass is 339 g/mol. The van der Waals surface area contributed by atoms with E-state index in [2.05, 4.69) is 29.6 Å². The molecular weight excluding hydrogens is 318 g/mol. The SMILES string of the molecule is O=C(NC[C@H]1COC[C@H]1O)OCC1c2ccccc2-c2ccccc21. The fraction of sp³-hybridized carbons (Fsp3) is 0.350. The van der Waals surface area contributed by atoms with Crippen LogP contribution in [0.5, 0.6) is 0 Å². The van der Waals surface area contributed by atoms with Crippen LogP contribution < -0.4 is 5.32 Å². The van der Waals surface area contributed by atoms with Gasteiger partial charge in [-0.3, -0.25) is 0 Å². The van der Waals surface area contributed by atoms with Crippen molar-refractivity contribution in [3.8, 4) is 11.1 Å². The van der Waals surface area contributed by atoms with Gasteiger partial charge in [0.1, 0.15) is 6.61 Å². The number of hydrogen-bond donors (Lipinski definition) is 2. The van der Waals surface area contributed by atoms with Crippen LogP contribution in [0, 0.1) is 5.92 Å². The Labute approximate surface area is 146 Å². The largest absolute Gasteiger partial charge is 0.449 e. The molecule has 0 saturated carbocycles. The molecule has 4 rings (SSSR count). The molecule has 0 radical (unpaired) electrons. The van der Waals surface area contributed by atoms with Crippen molar-refractivity contribution in [2.75, 3.05) is 26.4 Å². The first-order valence-corrected chi connectivity index (χ1v) is 8.58. The van der Waals surface area contributed by atoms with Gasteiger partial charge >= 0.3 is 6.09 Å². The fourth-order valence-electron chi connectivity index (χ4n) is 3.65. The second-order valence-electron chi connectivity index (χ2n) is 6.57. The van der Waals surface area contributed by atoms with Gasteiger partial charge in [0, 0.05) is 18.4 Å². The highest BCUT2D eigenvalue weighted by atomic mass is 16.5. The molecule has 1 amide bonds. The van der Waals surface area contributed by atoms with E-state index in [4.69, 9.17) is 9.47 Å². The molecule has 0 bridgehead atoms. The second-order valence-corrected chi connectivity index (χ2v) is 6.57. The number of carbonyl (C=O) groups excluding carboxylic acids is 1. The van der Waals surface area contributed by atoms with Crippen molar-refractivity contribution in [3.63, 3.8) is 0 Å². The number of alkyl carbamates (subject to hydrolysis) is 1. The van der Waals surface area contributed by atoms with Crippen molar-refractivity contribution in [1.82, 2.24) is 5.32 Å². The van der Waals surface area contributed by atoms with E-state index in [0.29, 0.717) is 26.4 Å². The lowest BCUT2D eigenvalue weighted by Crippen LogP contribution is -2.35. The highest BCUT2D eigenvalue weighted by Crippen LogP contribution is 2.44. The van der Waals surface area contributed by atoms with Crippen molar-refractivity contribution in [1.29, 1.82) is 0 Å². The van der Waals surface area contributed by atoms with Crippen LogP contribution in [0.3, 0.4) is 0 Å². The maximum atomic E-state index is 12.0. The zero-order valence-electron chi connectivity index (χ0n) is 13.9. The molecule has 25 heavy (non-hydrogen) atoms. The predicted molar refractivity (Wildman–Crippen MR) is 93.4 cm³/mol. The van der Waals surface area contributed by atoms with Gasteiger partial charge in [0.2, 0.25) is 0 Å². The van der Waals surface area contributed by atoms with Gasteiger partial charge in [-0.25, -0.2) is 4.79 Å². The predicted octanol–water partition coefficient (Wildman–Crippen LogP) is 2.53. The Morgan fingerprint density at radius 3 is 2.32 bits per heavy atom. The maximum Gasteiger partial charge on any atom is 0.407 e. The lowest BCUT2D eigenvalue weighted by Gasteiger charge is -2.16. The molecule has 1 heterocycles. The lowest BCUT2D eigenvalue weighted by molar-refractivity contribution is 0.115. The average Bonchev–Trinajstić information content (AvgIpc) is 3.19. The fourth-order valence-corrected chi connectivity index (χ4v) is 3.65.